The highest BCUT2D eigenvalue weighted by molar-refractivity contribution is 7.91. The number of sulfone groups is 1. The molecule has 1 aliphatic rings. The molecule has 0 bridgehead atoms. The summed E-state index contributed by atoms with van der Waals surface area (Å²) >= 11 is 1.54. The first kappa shape index (κ1) is 19.8. The number of aryl methyl sites for hydroxylation is 2. The molecule has 1 aromatic carbocycles. The van der Waals surface area contributed by atoms with Crippen molar-refractivity contribution in [2.45, 2.75) is 32.9 Å². The molecule has 2 aromatic heterocycles. The quantitative estimate of drug-likeness (QED) is 0.614. The van der Waals surface area contributed by atoms with Crippen LogP contribution in [0.1, 0.15) is 32.9 Å². The summed E-state index contributed by atoms with van der Waals surface area (Å²) in [4.78, 5) is 15.9. The molecule has 152 valence electrons. The number of benzene rings is 1. The van der Waals surface area contributed by atoms with Crippen molar-refractivity contribution >= 4 is 27.1 Å². The maximum atomic E-state index is 13.2. The van der Waals surface area contributed by atoms with E-state index < -0.39 is 9.84 Å². The first-order chi connectivity index (χ1) is 13.8. The Morgan fingerprint density at radius 1 is 1.24 bits per heavy atom. The van der Waals surface area contributed by atoms with Crippen LogP contribution >= 0.6 is 11.3 Å². The van der Waals surface area contributed by atoms with Gasteiger partial charge >= 0.3 is 0 Å². The zero-order chi connectivity index (χ0) is 20.6. The van der Waals surface area contributed by atoms with E-state index in [1.54, 1.807) is 22.3 Å². The minimum absolute atomic E-state index is 0.00796. The lowest BCUT2D eigenvalue weighted by molar-refractivity contribution is 0.0672. The molecule has 0 unspecified atom stereocenters. The molecule has 3 heterocycles. The summed E-state index contributed by atoms with van der Waals surface area (Å²) in [5.74, 6) is 0.316. The topological polar surface area (TPSA) is 80.5 Å². The number of aromatic nitrogens is 1. The van der Waals surface area contributed by atoms with Crippen molar-refractivity contribution in [2.75, 3.05) is 11.5 Å². The molecule has 29 heavy (non-hydrogen) atoms. The number of carbonyl (C=O) groups excluding carboxylic acids is 1. The van der Waals surface area contributed by atoms with Gasteiger partial charge in [-0.1, -0.05) is 23.4 Å². The van der Waals surface area contributed by atoms with E-state index in [4.69, 9.17) is 4.52 Å². The largest absolute Gasteiger partial charge is 0.355 e. The number of rotatable bonds is 5. The van der Waals surface area contributed by atoms with Crippen LogP contribution in [-0.2, 0) is 16.4 Å². The monoisotopic (exact) mass is 430 g/mol. The summed E-state index contributed by atoms with van der Waals surface area (Å²) in [6.07, 6.45) is 0.446. The molecule has 0 N–H and O–H groups in total. The predicted molar refractivity (Wildman–Crippen MR) is 113 cm³/mol. The summed E-state index contributed by atoms with van der Waals surface area (Å²) in [5.41, 5.74) is 3.35. The lowest BCUT2D eigenvalue weighted by Crippen LogP contribution is -2.40. The average molecular weight is 431 g/mol. The van der Waals surface area contributed by atoms with E-state index >= 15 is 0 Å². The number of hydrogen-bond donors (Lipinski definition) is 0. The van der Waals surface area contributed by atoms with Gasteiger partial charge in [0.25, 0.3) is 5.91 Å². The molecule has 3 aromatic rings. The van der Waals surface area contributed by atoms with Crippen LogP contribution in [0, 0.1) is 13.8 Å². The molecule has 6 nitrogen and oxygen atoms in total. The Balaban J connectivity index is 1.62. The fourth-order valence-corrected chi connectivity index (χ4v) is 5.95. The molecule has 1 aliphatic heterocycles. The molecule has 1 amide bonds. The van der Waals surface area contributed by atoms with Gasteiger partial charge in [-0.25, -0.2) is 8.42 Å². The van der Waals surface area contributed by atoms with Crippen molar-refractivity contribution in [1.82, 2.24) is 10.1 Å². The normalized spacial score (nSPS) is 18.1. The highest BCUT2D eigenvalue weighted by Crippen LogP contribution is 2.26. The van der Waals surface area contributed by atoms with E-state index in [1.165, 1.54) is 5.56 Å². The highest BCUT2D eigenvalue weighted by atomic mass is 32.2. The lowest BCUT2D eigenvalue weighted by atomic mass is 10.0. The zero-order valence-electron chi connectivity index (χ0n) is 16.3. The van der Waals surface area contributed by atoms with Crippen LogP contribution in [0.15, 0.2) is 46.3 Å². The number of hydrogen-bond acceptors (Lipinski definition) is 6. The van der Waals surface area contributed by atoms with E-state index in [9.17, 15) is 13.2 Å². The SMILES string of the molecule is Cc1ccc(-c2cc(C(=O)N(Cc3cccs3)[C@@H]3CCS(=O)(=O)C3)no2)cc1C. The number of amides is 1. The van der Waals surface area contributed by atoms with Crippen LogP contribution in [-0.4, -0.2) is 41.9 Å². The van der Waals surface area contributed by atoms with Gasteiger partial charge in [-0.15, -0.1) is 11.3 Å². The Hall–Kier alpha value is -2.45. The van der Waals surface area contributed by atoms with Gasteiger partial charge in [0.1, 0.15) is 0 Å². The maximum absolute atomic E-state index is 13.2. The standard InChI is InChI=1S/C21H22N2O4S2/c1-14-5-6-16(10-15(14)2)20-11-19(22-27-20)21(24)23(12-18-4-3-8-28-18)17-7-9-29(25,26)13-17/h3-6,8,10-11,17H,7,9,12-13H2,1-2H3/t17-/m1/s1. The van der Waals surface area contributed by atoms with Crippen molar-refractivity contribution in [3.63, 3.8) is 0 Å². The summed E-state index contributed by atoms with van der Waals surface area (Å²) in [6, 6.07) is 11.1. The third-order valence-corrected chi connectivity index (χ3v) is 7.95. The summed E-state index contributed by atoms with van der Waals surface area (Å²) in [7, 11) is -3.12. The fourth-order valence-electron chi connectivity index (χ4n) is 3.51. The molecule has 0 saturated carbocycles. The molecule has 4 rings (SSSR count). The number of carbonyl (C=O) groups is 1. The summed E-state index contributed by atoms with van der Waals surface area (Å²) < 4.78 is 29.4. The van der Waals surface area contributed by atoms with E-state index in [0.29, 0.717) is 18.7 Å². The van der Waals surface area contributed by atoms with E-state index in [2.05, 4.69) is 5.16 Å². The van der Waals surface area contributed by atoms with Crippen molar-refractivity contribution in [1.29, 1.82) is 0 Å². The summed E-state index contributed by atoms with van der Waals surface area (Å²) in [6.45, 7) is 4.42. The fraction of sp³-hybridized carbons (Fsp3) is 0.333. The van der Waals surface area contributed by atoms with Crippen LogP contribution in [0.4, 0.5) is 0 Å². The second-order valence-corrected chi connectivity index (χ2v) is 10.7. The lowest BCUT2D eigenvalue weighted by Gasteiger charge is -2.26. The van der Waals surface area contributed by atoms with E-state index in [0.717, 1.165) is 16.0 Å². The van der Waals surface area contributed by atoms with Gasteiger partial charge in [-0.3, -0.25) is 4.79 Å². The first-order valence-corrected chi connectivity index (χ1v) is 12.1. The Morgan fingerprint density at radius 3 is 2.72 bits per heavy atom. The minimum atomic E-state index is -3.12. The molecule has 0 spiro atoms. The van der Waals surface area contributed by atoms with Crippen molar-refractivity contribution < 1.29 is 17.7 Å². The molecular formula is C21H22N2O4S2. The van der Waals surface area contributed by atoms with Gasteiger partial charge in [-0.05, 0) is 48.9 Å². The van der Waals surface area contributed by atoms with Gasteiger partial charge in [0.15, 0.2) is 21.3 Å². The van der Waals surface area contributed by atoms with Crippen LogP contribution in [0.5, 0.6) is 0 Å². The molecular weight excluding hydrogens is 408 g/mol. The minimum Gasteiger partial charge on any atom is -0.355 e. The second kappa shape index (κ2) is 7.76. The van der Waals surface area contributed by atoms with Crippen LogP contribution in [0.3, 0.4) is 0 Å². The van der Waals surface area contributed by atoms with E-state index in [-0.39, 0.29) is 29.1 Å². The van der Waals surface area contributed by atoms with Crippen LogP contribution < -0.4 is 0 Å². The maximum Gasteiger partial charge on any atom is 0.276 e. The van der Waals surface area contributed by atoms with Gasteiger partial charge in [-0.2, -0.15) is 0 Å². The molecule has 1 fully saturated rings. The average Bonchev–Trinajstić information content (AvgIpc) is 3.42. The molecule has 8 heteroatoms. The molecule has 1 atom stereocenters. The highest BCUT2D eigenvalue weighted by Gasteiger charge is 2.36. The zero-order valence-corrected chi connectivity index (χ0v) is 17.9. The molecule has 0 aliphatic carbocycles. The Kier molecular flexibility index (Phi) is 5.31. The van der Waals surface area contributed by atoms with Gasteiger partial charge in [0, 0.05) is 22.5 Å². The van der Waals surface area contributed by atoms with Crippen molar-refractivity contribution in [3.8, 4) is 11.3 Å². The molecule has 1 saturated heterocycles. The Morgan fingerprint density at radius 2 is 2.07 bits per heavy atom. The first-order valence-electron chi connectivity index (χ1n) is 9.40. The number of thiophene rings is 1. The Bertz CT molecular complexity index is 1130. The van der Waals surface area contributed by atoms with Gasteiger partial charge < -0.3 is 9.42 Å². The molecule has 0 radical (unpaired) electrons. The Labute approximate surface area is 174 Å². The van der Waals surface area contributed by atoms with Crippen LogP contribution in [0.25, 0.3) is 11.3 Å². The van der Waals surface area contributed by atoms with E-state index in [1.807, 2.05) is 49.6 Å². The van der Waals surface area contributed by atoms with Crippen molar-refractivity contribution in [3.05, 3.63) is 63.5 Å². The summed E-state index contributed by atoms with van der Waals surface area (Å²) in [5, 5.41) is 5.93. The van der Waals surface area contributed by atoms with Crippen molar-refractivity contribution in [2.24, 2.45) is 0 Å². The third-order valence-electron chi connectivity index (χ3n) is 5.34. The smallest absolute Gasteiger partial charge is 0.276 e. The third kappa shape index (κ3) is 4.28. The van der Waals surface area contributed by atoms with Crippen LogP contribution in [0.2, 0.25) is 0 Å². The second-order valence-electron chi connectivity index (χ2n) is 7.44. The predicted octanol–water partition coefficient (Wildman–Crippen LogP) is 3.85. The van der Waals surface area contributed by atoms with Gasteiger partial charge in [0.2, 0.25) is 0 Å². The van der Waals surface area contributed by atoms with Gasteiger partial charge in [0.05, 0.1) is 18.1 Å². The number of nitrogens with zero attached hydrogens (tertiary/aromatic N) is 2.